The molecule has 1 aromatic carbocycles. The van der Waals surface area contributed by atoms with Gasteiger partial charge in [-0.05, 0) is 25.1 Å². The van der Waals surface area contributed by atoms with Crippen LogP contribution in [0.3, 0.4) is 0 Å². The molecule has 0 bridgehead atoms. The van der Waals surface area contributed by atoms with E-state index in [1.807, 2.05) is 14.0 Å². The molecular weight excluding hydrogens is 256 g/mol. The van der Waals surface area contributed by atoms with Crippen molar-refractivity contribution < 1.29 is 9.53 Å². The van der Waals surface area contributed by atoms with Gasteiger partial charge in [0, 0.05) is 12.6 Å². The third-order valence-electron chi connectivity index (χ3n) is 3.25. The minimum absolute atomic E-state index is 0.199. The predicted octanol–water partition coefficient (Wildman–Crippen LogP) is 1.78. The second kappa shape index (κ2) is 4.48. The summed E-state index contributed by atoms with van der Waals surface area (Å²) in [6.45, 7) is 1.86. The van der Waals surface area contributed by atoms with Crippen molar-refractivity contribution in [1.82, 2.24) is 19.6 Å². The molecule has 0 saturated carbocycles. The van der Waals surface area contributed by atoms with Gasteiger partial charge in [-0.1, -0.05) is 6.07 Å². The van der Waals surface area contributed by atoms with Crippen molar-refractivity contribution in [2.24, 2.45) is 7.05 Å². The number of carbonyl (C=O) groups is 1. The van der Waals surface area contributed by atoms with Crippen molar-refractivity contribution >= 4 is 16.9 Å². The average Bonchev–Trinajstić information content (AvgIpc) is 3.01. The monoisotopic (exact) mass is 270 g/mol. The third-order valence-corrected chi connectivity index (χ3v) is 3.25. The quantitative estimate of drug-likeness (QED) is 0.712. The van der Waals surface area contributed by atoms with Crippen molar-refractivity contribution in [3.8, 4) is 5.75 Å². The molecule has 0 radical (unpaired) electrons. The van der Waals surface area contributed by atoms with E-state index in [0.717, 1.165) is 16.7 Å². The first-order chi connectivity index (χ1) is 9.61. The van der Waals surface area contributed by atoms with Crippen molar-refractivity contribution in [2.75, 3.05) is 7.11 Å². The second-order valence-electron chi connectivity index (χ2n) is 4.54. The molecule has 0 saturated heterocycles. The van der Waals surface area contributed by atoms with Crippen molar-refractivity contribution in [1.29, 1.82) is 0 Å². The standard InChI is InChI=1S/C14H14N4O2/c1-9-13-12(17(2)16-9)8-15-18(13)14(19)10-5-4-6-11(7-10)20-3/h4-8H,1-3H3. The fraction of sp³-hybridized carbons (Fsp3) is 0.214. The maximum Gasteiger partial charge on any atom is 0.278 e. The predicted molar refractivity (Wildman–Crippen MR) is 74.0 cm³/mol. The minimum atomic E-state index is -0.199. The number of benzene rings is 1. The Morgan fingerprint density at radius 1 is 1.35 bits per heavy atom. The number of hydrogen-bond acceptors (Lipinski definition) is 4. The minimum Gasteiger partial charge on any atom is -0.497 e. The van der Waals surface area contributed by atoms with Crippen LogP contribution in [0.15, 0.2) is 30.5 Å². The van der Waals surface area contributed by atoms with Crippen LogP contribution in [0.1, 0.15) is 16.1 Å². The molecule has 0 spiro atoms. The van der Waals surface area contributed by atoms with Crippen LogP contribution in [-0.2, 0) is 7.05 Å². The summed E-state index contributed by atoms with van der Waals surface area (Å²) in [5.41, 5.74) is 2.87. The number of methoxy groups -OCH3 is 1. The molecule has 3 aromatic rings. The van der Waals surface area contributed by atoms with Gasteiger partial charge in [0.2, 0.25) is 0 Å². The lowest BCUT2D eigenvalue weighted by Gasteiger charge is -2.04. The van der Waals surface area contributed by atoms with Gasteiger partial charge in [-0.2, -0.15) is 14.9 Å². The lowest BCUT2D eigenvalue weighted by Crippen LogP contribution is -2.13. The highest BCUT2D eigenvalue weighted by Gasteiger charge is 2.18. The van der Waals surface area contributed by atoms with E-state index in [1.54, 1.807) is 42.3 Å². The lowest BCUT2D eigenvalue weighted by molar-refractivity contribution is 0.0950. The summed E-state index contributed by atoms with van der Waals surface area (Å²) in [4.78, 5) is 12.6. The van der Waals surface area contributed by atoms with E-state index >= 15 is 0 Å². The number of ether oxygens (including phenoxy) is 1. The molecule has 2 heterocycles. The molecule has 6 nitrogen and oxygen atoms in total. The number of rotatable bonds is 2. The Hall–Kier alpha value is -2.63. The third kappa shape index (κ3) is 1.77. The number of hydrogen-bond donors (Lipinski definition) is 0. The normalized spacial score (nSPS) is 10.9. The van der Waals surface area contributed by atoms with Gasteiger partial charge in [0.1, 0.15) is 16.8 Å². The summed E-state index contributed by atoms with van der Waals surface area (Å²) in [6.07, 6.45) is 1.65. The Bertz CT molecular complexity index is 801. The van der Waals surface area contributed by atoms with E-state index < -0.39 is 0 Å². The molecule has 0 amide bonds. The SMILES string of the molecule is COc1cccc(C(=O)n2ncc3c2c(C)nn3C)c1. The van der Waals surface area contributed by atoms with Gasteiger partial charge in [0.25, 0.3) is 5.91 Å². The van der Waals surface area contributed by atoms with E-state index in [2.05, 4.69) is 10.2 Å². The van der Waals surface area contributed by atoms with Crippen LogP contribution >= 0.6 is 0 Å². The molecule has 0 aliphatic rings. The summed E-state index contributed by atoms with van der Waals surface area (Å²) in [7, 11) is 3.40. The van der Waals surface area contributed by atoms with Crippen LogP contribution in [0.5, 0.6) is 5.75 Å². The molecule has 0 unspecified atom stereocenters. The number of aromatic nitrogens is 4. The first-order valence-corrected chi connectivity index (χ1v) is 6.18. The summed E-state index contributed by atoms with van der Waals surface area (Å²) in [5.74, 6) is 0.442. The van der Waals surface area contributed by atoms with E-state index in [-0.39, 0.29) is 5.91 Å². The highest BCUT2D eigenvalue weighted by molar-refractivity contribution is 6.01. The highest BCUT2D eigenvalue weighted by Crippen LogP contribution is 2.19. The summed E-state index contributed by atoms with van der Waals surface area (Å²) < 4.78 is 8.24. The van der Waals surface area contributed by atoms with Crippen LogP contribution in [0, 0.1) is 6.92 Å². The van der Waals surface area contributed by atoms with Gasteiger partial charge < -0.3 is 4.74 Å². The molecule has 2 aromatic heterocycles. The topological polar surface area (TPSA) is 61.9 Å². The number of carbonyl (C=O) groups excluding carboxylic acids is 1. The van der Waals surface area contributed by atoms with Gasteiger partial charge >= 0.3 is 0 Å². The van der Waals surface area contributed by atoms with Gasteiger partial charge in [-0.15, -0.1) is 0 Å². The molecule has 0 aliphatic carbocycles. The average molecular weight is 270 g/mol. The van der Waals surface area contributed by atoms with Crippen LogP contribution in [0.2, 0.25) is 0 Å². The number of nitrogens with zero attached hydrogens (tertiary/aromatic N) is 4. The van der Waals surface area contributed by atoms with Crippen LogP contribution in [-0.4, -0.2) is 32.6 Å². The second-order valence-corrected chi connectivity index (χ2v) is 4.54. The molecule has 0 aliphatic heterocycles. The fourth-order valence-corrected chi connectivity index (χ4v) is 2.27. The maximum absolute atomic E-state index is 12.6. The van der Waals surface area contributed by atoms with Gasteiger partial charge in [-0.25, -0.2) is 0 Å². The van der Waals surface area contributed by atoms with Crippen LogP contribution in [0.25, 0.3) is 11.0 Å². The fourth-order valence-electron chi connectivity index (χ4n) is 2.27. The van der Waals surface area contributed by atoms with Gasteiger partial charge in [0.05, 0.1) is 19.0 Å². The molecule has 0 atom stereocenters. The molecule has 6 heteroatoms. The summed E-state index contributed by atoms with van der Waals surface area (Å²) in [5, 5.41) is 8.47. The van der Waals surface area contributed by atoms with E-state index in [9.17, 15) is 4.79 Å². The molecule has 0 fully saturated rings. The zero-order valence-electron chi connectivity index (χ0n) is 11.5. The van der Waals surface area contributed by atoms with E-state index in [1.165, 1.54) is 4.68 Å². The molecule has 3 rings (SSSR count). The lowest BCUT2D eigenvalue weighted by atomic mass is 10.2. The van der Waals surface area contributed by atoms with Crippen molar-refractivity contribution in [3.63, 3.8) is 0 Å². The van der Waals surface area contributed by atoms with E-state index in [4.69, 9.17) is 4.74 Å². The smallest absolute Gasteiger partial charge is 0.278 e. The zero-order valence-corrected chi connectivity index (χ0v) is 11.5. The maximum atomic E-state index is 12.6. The first kappa shape index (κ1) is 12.4. The highest BCUT2D eigenvalue weighted by atomic mass is 16.5. The Morgan fingerprint density at radius 2 is 2.15 bits per heavy atom. The summed E-state index contributed by atoms with van der Waals surface area (Å²) in [6, 6.07) is 7.01. The van der Waals surface area contributed by atoms with E-state index in [0.29, 0.717) is 11.3 Å². The van der Waals surface area contributed by atoms with Gasteiger partial charge in [-0.3, -0.25) is 9.48 Å². The molecule has 102 valence electrons. The summed E-state index contributed by atoms with van der Waals surface area (Å²) >= 11 is 0. The van der Waals surface area contributed by atoms with Gasteiger partial charge in [0.15, 0.2) is 0 Å². The van der Waals surface area contributed by atoms with Crippen LogP contribution in [0.4, 0.5) is 0 Å². The Labute approximate surface area is 115 Å². The Balaban J connectivity index is 2.12. The molecule has 0 N–H and O–H groups in total. The van der Waals surface area contributed by atoms with Crippen LogP contribution < -0.4 is 4.74 Å². The Kier molecular flexibility index (Phi) is 2.78. The van der Waals surface area contributed by atoms with Crippen molar-refractivity contribution in [3.05, 3.63) is 41.7 Å². The van der Waals surface area contributed by atoms with Crippen molar-refractivity contribution in [2.45, 2.75) is 6.92 Å². The largest absolute Gasteiger partial charge is 0.497 e. The number of aryl methyl sites for hydroxylation is 2. The molecular formula is C14H14N4O2. The Morgan fingerprint density at radius 3 is 2.90 bits per heavy atom. The first-order valence-electron chi connectivity index (χ1n) is 6.18. The molecule has 20 heavy (non-hydrogen) atoms. The zero-order chi connectivity index (χ0) is 14.3. The number of fused-ring (bicyclic) bond motifs is 1.